The van der Waals surface area contributed by atoms with Crippen molar-refractivity contribution in [2.24, 2.45) is 5.92 Å². The molecule has 122 valence electrons. The van der Waals surface area contributed by atoms with Crippen LogP contribution in [-0.2, 0) is 4.74 Å². The Hall–Kier alpha value is -1.55. The van der Waals surface area contributed by atoms with Crippen LogP contribution in [0.15, 0.2) is 30.3 Å². The first-order valence-corrected chi connectivity index (χ1v) is 8.06. The molecule has 0 bridgehead atoms. The molecule has 22 heavy (non-hydrogen) atoms. The van der Waals surface area contributed by atoms with Crippen molar-refractivity contribution in [3.8, 4) is 0 Å². The van der Waals surface area contributed by atoms with Gasteiger partial charge in [0.05, 0.1) is 6.10 Å². The van der Waals surface area contributed by atoms with E-state index in [0.29, 0.717) is 19.0 Å². The normalized spacial score (nSPS) is 18.1. The molecule has 0 unspecified atom stereocenters. The summed E-state index contributed by atoms with van der Waals surface area (Å²) in [6.45, 7) is 7.07. The number of aliphatic hydroxyl groups is 1. The first-order chi connectivity index (χ1) is 10.3. The summed E-state index contributed by atoms with van der Waals surface area (Å²) in [5, 5.41) is 10.3. The van der Waals surface area contributed by atoms with Gasteiger partial charge in [0.1, 0.15) is 5.60 Å². The summed E-state index contributed by atoms with van der Waals surface area (Å²) in [4.78, 5) is 13.8. The summed E-state index contributed by atoms with van der Waals surface area (Å²) in [6.07, 6.45) is 1.95. The van der Waals surface area contributed by atoms with Gasteiger partial charge in [0, 0.05) is 13.1 Å². The lowest BCUT2D eigenvalue weighted by Crippen LogP contribution is -2.41. The molecule has 2 rings (SSSR count). The summed E-state index contributed by atoms with van der Waals surface area (Å²) in [5.74, 6) is 0.453. The monoisotopic (exact) mass is 305 g/mol. The minimum atomic E-state index is -0.447. The summed E-state index contributed by atoms with van der Waals surface area (Å²) >= 11 is 0. The van der Waals surface area contributed by atoms with E-state index in [1.54, 1.807) is 4.90 Å². The van der Waals surface area contributed by atoms with E-state index < -0.39 is 11.7 Å². The average molecular weight is 305 g/mol. The zero-order valence-corrected chi connectivity index (χ0v) is 13.8. The number of hydrogen-bond acceptors (Lipinski definition) is 3. The maximum Gasteiger partial charge on any atom is 0.410 e. The number of likely N-dealkylation sites (tertiary alicyclic amines) is 1. The number of aliphatic hydroxyl groups excluding tert-OH is 1. The van der Waals surface area contributed by atoms with E-state index in [-0.39, 0.29) is 6.09 Å². The van der Waals surface area contributed by atoms with Gasteiger partial charge in [-0.15, -0.1) is 0 Å². The minimum Gasteiger partial charge on any atom is -0.444 e. The molecule has 0 spiro atoms. The third-order valence-corrected chi connectivity index (χ3v) is 4.01. The molecular formula is C18H27NO3. The van der Waals surface area contributed by atoms with Crippen molar-refractivity contribution >= 4 is 6.09 Å². The highest BCUT2D eigenvalue weighted by Gasteiger charge is 2.27. The second kappa shape index (κ2) is 7.14. The van der Waals surface area contributed by atoms with E-state index in [2.05, 4.69) is 0 Å². The molecule has 1 fully saturated rings. The first-order valence-electron chi connectivity index (χ1n) is 8.06. The predicted octanol–water partition coefficient (Wildman–Crippen LogP) is 3.76. The number of nitrogens with zero attached hydrogens (tertiary/aromatic N) is 1. The third-order valence-electron chi connectivity index (χ3n) is 4.01. The van der Waals surface area contributed by atoms with E-state index in [1.165, 1.54) is 0 Å². The number of hydrogen-bond donors (Lipinski definition) is 1. The zero-order chi connectivity index (χ0) is 16.2. The zero-order valence-electron chi connectivity index (χ0n) is 13.8. The Labute approximate surface area is 133 Å². The molecule has 1 amide bonds. The number of ether oxygens (including phenoxy) is 1. The van der Waals surface area contributed by atoms with Crippen molar-refractivity contribution in [2.45, 2.75) is 51.7 Å². The van der Waals surface area contributed by atoms with Gasteiger partial charge in [-0.2, -0.15) is 0 Å². The lowest BCUT2D eigenvalue weighted by Gasteiger charge is -2.34. The first kappa shape index (κ1) is 16.8. The number of carbonyl (C=O) groups is 1. The minimum absolute atomic E-state index is 0.227. The van der Waals surface area contributed by atoms with E-state index in [1.807, 2.05) is 51.1 Å². The molecule has 0 saturated carbocycles. The lowest BCUT2D eigenvalue weighted by molar-refractivity contribution is 0.0161. The van der Waals surface area contributed by atoms with E-state index >= 15 is 0 Å². The Bertz CT molecular complexity index is 473. The molecule has 1 saturated heterocycles. The van der Waals surface area contributed by atoms with Crippen molar-refractivity contribution in [1.82, 2.24) is 4.90 Å². The van der Waals surface area contributed by atoms with Crippen LogP contribution in [0, 0.1) is 5.92 Å². The van der Waals surface area contributed by atoms with Crippen LogP contribution in [-0.4, -0.2) is 34.8 Å². The fraction of sp³-hybridized carbons (Fsp3) is 0.611. The van der Waals surface area contributed by atoms with E-state index in [0.717, 1.165) is 24.8 Å². The average Bonchev–Trinajstić information content (AvgIpc) is 2.47. The molecule has 1 aromatic carbocycles. The molecule has 1 heterocycles. The molecular weight excluding hydrogens is 278 g/mol. The SMILES string of the molecule is CC(C)(C)OC(=O)N1CCC(C[C@H](O)c2ccccc2)CC1. The Kier molecular flexibility index (Phi) is 5.46. The van der Waals surface area contributed by atoms with Gasteiger partial charge in [-0.3, -0.25) is 0 Å². The number of amides is 1. The number of piperidine rings is 1. The molecule has 0 radical (unpaired) electrons. The molecule has 1 aromatic rings. The molecule has 0 aliphatic carbocycles. The molecule has 1 aliphatic rings. The van der Waals surface area contributed by atoms with Gasteiger partial charge in [-0.25, -0.2) is 4.79 Å². The van der Waals surface area contributed by atoms with E-state index in [9.17, 15) is 9.90 Å². The van der Waals surface area contributed by atoms with Crippen LogP contribution in [0.25, 0.3) is 0 Å². The Morgan fingerprint density at radius 3 is 2.41 bits per heavy atom. The largest absolute Gasteiger partial charge is 0.444 e. The van der Waals surface area contributed by atoms with Crippen LogP contribution < -0.4 is 0 Å². The topological polar surface area (TPSA) is 49.8 Å². The van der Waals surface area contributed by atoms with Gasteiger partial charge in [-0.05, 0) is 51.5 Å². The molecule has 1 atom stereocenters. The number of carbonyl (C=O) groups excluding carboxylic acids is 1. The smallest absolute Gasteiger partial charge is 0.410 e. The summed E-state index contributed by atoms with van der Waals surface area (Å²) in [6, 6.07) is 9.77. The van der Waals surface area contributed by atoms with Gasteiger partial charge in [0.25, 0.3) is 0 Å². The van der Waals surface area contributed by atoms with Crippen LogP contribution in [0.1, 0.15) is 51.7 Å². The molecule has 0 aromatic heterocycles. The maximum atomic E-state index is 12.0. The van der Waals surface area contributed by atoms with Gasteiger partial charge >= 0.3 is 6.09 Å². The van der Waals surface area contributed by atoms with Gasteiger partial charge in [-0.1, -0.05) is 30.3 Å². The number of benzene rings is 1. The second-order valence-corrected chi connectivity index (χ2v) is 7.07. The van der Waals surface area contributed by atoms with Crippen molar-refractivity contribution < 1.29 is 14.6 Å². The van der Waals surface area contributed by atoms with Crippen LogP contribution in [0.3, 0.4) is 0 Å². The fourth-order valence-corrected chi connectivity index (χ4v) is 2.80. The molecule has 4 heteroatoms. The Morgan fingerprint density at radius 1 is 1.27 bits per heavy atom. The van der Waals surface area contributed by atoms with Gasteiger partial charge in [0.15, 0.2) is 0 Å². The summed E-state index contributed by atoms with van der Waals surface area (Å²) < 4.78 is 5.40. The summed E-state index contributed by atoms with van der Waals surface area (Å²) in [5.41, 5.74) is 0.523. The van der Waals surface area contributed by atoms with E-state index in [4.69, 9.17) is 4.74 Å². The Balaban J connectivity index is 1.79. The fourth-order valence-electron chi connectivity index (χ4n) is 2.80. The van der Waals surface area contributed by atoms with Gasteiger partial charge in [0.2, 0.25) is 0 Å². The van der Waals surface area contributed by atoms with Crippen molar-refractivity contribution in [3.05, 3.63) is 35.9 Å². The third kappa shape index (κ3) is 5.02. The maximum absolute atomic E-state index is 12.0. The van der Waals surface area contributed by atoms with Crippen LogP contribution >= 0.6 is 0 Å². The highest BCUT2D eigenvalue weighted by Crippen LogP contribution is 2.28. The second-order valence-electron chi connectivity index (χ2n) is 7.07. The quantitative estimate of drug-likeness (QED) is 0.925. The lowest BCUT2D eigenvalue weighted by atomic mass is 9.89. The van der Waals surface area contributed by atoms with Gasteiger partial charge < -0.3 is 14.7 Å². The highest BCUT2D eigenvalue weighted by molar-refractivity contribution is 5.68. The van der Waals surface area contributed by atoms with Crippen molar-refractivity contribution in [3.63, 3.8) is 0 Å². The Morgan fingerprint density at radius 2 is 1.86 bits per heavy atom. The van der Waals surface area contributed by atoms with Crippen LogP contribution in [0.2, 0.25) is 0 Å². The van der Waals surface area contributed by atoms with Crippen LogP contribution in [0.5, 0.6) is 0 Å². The van der Waals surface area contributed by atoms with Crippen molar-refractivity contribution in [2.75, 3.05) is 13.1 Å². The number of rotatable bonds is 3. The van der Waals surface area contributed by atoms with Crippen molar-refractivity contribution in [1.29, 1.82) is 0 Å². The predicted molar refractivity (Wildman–Crippen MR) is 86.5 cm³/mol. The molecule has 1 aliphatic heterocycles. The highest BCUT2D eigenvalue weighted by atomic mass is 16.6. The standard InChI is InChI=1S/C18H27NO3/c1-18(2,3)22-17(21)19-11-9-14(10-12-19)13-16(20)15-7-5-4-6-8-15/h4-8,14,16,20H,9-13H2,1-3H3/t16-/m0/s1. The van der Waals surface area contributed by atoms with Crippen LogP contribution in [0.4, 0.5) is 4.79 Å². The molecule has 4 nitrogen and oxygen atoms in total. The molecule has 1 N–H and O–H groups in total. The summed E-state index contributed by atoms with van der Waals surface area (Å²) in [7, 11) is 0.